The Bertz CT molecular complexity index is 475. The maximum Gasteiger partial charge on any atom is 0.322 e. The van der Waals surface area contributed by atoms with Crippen LogP contribution in [0.15, 0.2) is 48.8 Å². The number of hydroxylamine groups is 2. The predicted octanol–water partition coefficient (Wildman–Crippen LogP) is 1.96. The van der Waals surface area contributed by atoms with Gasteiger partial charge in [0.1, 0.15) is 0 Å². The Morgan fingerprint density at radius 2 is 1.58 bits per heavy atom. The molecule has 19 heavy (non-hydrogen) atoms. The first-order chi connectivity index (χ1) is 9.24. The van der Waals surface area contributed by atoms with Gasteiger partial charge in [-0.3, -0.25) is 14.8 Å². The summed E-state index contributed by atoms with van der Waals surface area (Å²) in [4.78, 5) is 24.7. The highest BCUT2D eigenvalue weighted by molar-refractivity contribution is 5.65. The van der Waals surface area contributed by atoms with Crippen molar-refractivity contribution >= 4 is 5.97 Å². The Labute approximate surface area is 111 Å². The van der Waals surface area contributed by atoms with Gasteiger partial charge < -0.3 is 4.84 Å². The highest BCUT2D eigenvalue weighted by atomic mass is 16.7. The topological polar surface area (TPSA) is 55.3 Å². The molecule has 2 aromatic rings. The number of pyridine rings is 2. The van der Waals surface area contributed by atoms with E-state index in [0.29, 0.717) is 13.1 Å². The normalized spacial score (nSPS) is 10.4. The van der Waals surface area contributed by atoms with Crippen LogP contribution in [0.1, 0.15) is 18.3 Å². The quantitative estimate of drug-likeness (QED) is 0.766. The van der Waals surface area contributed by atoms with Crippen LogP contribution in [0, 0.1) is 0 Å². The zero-order valence-electron chi connectivity index (χ0n) is 10.7. The van der Waals surface area contributed by atoms with Crippen LogP contribution in [0.3, 0.4) is 0 Å². The zero-order valence-corrected chi connectivity index (χ0v) is 10.7. The third kappa shape index (κ3) is 4.48. The van der Waals surface area contributed by atoms with Gasteiger partial charge in [0.25, 0.3) is 0 Å². The standard InChI is InChI=1S/C14H15N3O2/c1-12(18)19-17(10-13-6-2-4-8-15-13)11-14-7-3-5-9-16-14/h2-9H,10-11H2,1H3. The average molecular weight is 257 g/mol. The summed E-state index contributed by atoms with van der Waals surface area (Å²) in [6.45, 7) is 2.23. The van der Waals surface area contributed by atoms with Crippen LogP contribution in [0.5, 0.6) is 0 Å². The molecule has 2 aromatic heterocycles. The van der Waals surface area contributed by atoms with E-state index in [4.69, 9.17) is 4.84 Å². The molecule has 0 aliphatic rings. The first-order valence-electron chi connectivity index (χ1n) is 5.97. The second-order valence-corrected chi connectivity index (χ2v) is 4.02. The molecule has 2 rings (SSSR count). The van der Waals surface area contributed by atoms with Gasteiger partial charge in [-0.05, 0) is 24.3 Å². The van der Waals surface area contributed by atoms with E-state index >= 15 is 0 Å². The van der Waals surface area contributed by atoms with Gasteiger partial charge in [0, 0.05) is 19.3 Å². The van der Waals surface area contributed by atoms with Crippen molar-refractivity contribution in [1.29, 1.82) is 0 Å². The van der Waals surface area contributed by atoms with Gasteiger partial charge in [-0.15, -0.1) is 5.06 Å². The monoisotopic (exact) mass is 257 g/mol. The molecule has 0 bridgehead atoms. The maximum absolute atomic E-state index is 11.1. The summed E-state index contributed by atoms with van der Waals surface area (Å²) in [5, 5.41) is 1.55. The average Bonchev–Trinajstić information content (AvgIpc) is 2.40. The van der Waals surface area contributed by atoms with Crippen LogP contribution in [-0.2, 0) is 22.7 Å². The Hall–Kier alpha value is -2.27. The molecule has 0 fully saturated rings. The Morgan fingerprint density at radius 3 is 1.95 bits per heavy atom. The minimum absolute atomic E-state index is 0.355. The van der Waals surface area contributed by atoms with Crippen molar-refractivity contribution in [3.05, 3.63) is 60.2 Å². The van der Waals surface area contributed by atoms with E-state index in [1.807, 2.05) is 36.4 Å². The van der Waals surface area contributed by atoms with E-state index in [1.165, 1.54) is 6.92 Å². The second-order valence-electron chi connectivity index (χ2n) is 4.02. The maximum atomic E-state index is 11.1. The van der Waals surface area contributed by atoms with Crippen LogP contribution in [-0.4, -0.2) is 21.0 Å². The highest BCUT2D eigenvalue weighted by Gasteiger charge is 2.11. The van der Waals surface area contributed by atoms with Gasteiger partial charge >= 0.3 is 5.97 Å². The number of nitrogens with zero attached hydrogens (tertiary/aromatic N) is 3. The predicted molar refractivity (Wildman–Crippen MR) is 69.5 cm³/mol. The molecule has 0 N–H and O–H groups in total. The molecular weight excluding hydrogens is 242 g/mol. The van der Waals surface area contributed by atoms with Crippen LogP contribution in [0.4, 0.5) is 0 Å². The Balaban J connectivity index is 2.06. The number of aromatic nitrogens is 2. The summed E-state index contributed by atoms with van der Waals surface area (Å²) in [5.74, 6) is -0.355. The van der Waals surface area contributed by atoms with Crippen LogP contribution < -0.4 is 0 Å². The minimum atomic E-state index is -0.355. The van der Waals surface area contributed by atoms with E-state index in [0.717, 1.165) is 11.4 Å². The lowest BCUT2D eigenvalue weighted by Gasteiger charge is -2.19. The third-order valence-corrected chi connectivity index (χ3v) is 2.39. The minimum Gasteiger partial charge on any atom is -0.368 e. The van der Waals surface area contributed by atoms with Gasteiger partial charge in [-0.2, -0.15) is 0 Å². The molecule has 0 atom stereocenters. The molecule has 0 spiro atoms. The zero-order chi connectivity index (χ0) is 13.5. The SMILES string of the molecule is CC(=O)ON(Cc1ccccn1)Cc1ccccn1. The Morgan fingerprint density at radius 1 is 1.05 bits per heavy atom. The summed E-state index contributed by atoms with van der Waals surface area (Å²) in [7, 11) is 0. The van der Waals surface area contributed by atoms with Gasteiger partial charge in [-0.25, -0.2) is 0 Å². The summed E-state index contributed by atoms with van der Waals surface area (Å²) >= 11 is 0. The lowest BCUT2D eigenvalue weighted by molar-refractivity contribution is -0.194. The fourth-order valence-electron chi connectivity index (χ4n) is 1.65. The van der Waals surface area contributed by atoms with Crippen LogP contribution in [0.2, 0.25) is 0 Å². The lowest BCUT2D eigenvalue weighted by atomic mass is 10.3. The third-order valence-electron chi connectivity index (χ3n) is 2.39. The molecule has 5 nitrogen and oxygen atoms in total. The molecule has 5 heteroatoms. The van der Waals surface area contributed by atoms with Crippen LogP contribution >= 0.6 is 0 Å². The van der Waals surface area contributed by atoms with Crippen molar-refractivity contribution < 1.29 is 9.63 Å². The number of carbonyl (C=O) groups is 1. The molecule has 2 heterocycles. The van der Waals surface area contributed by atoms with E-state index in [1.54, 1.807) is 17.5 Å². The van der Waals surface area contributed by atoms with Crippen molar-refractivity contribution in [2.75, 3.05) is 0 Å². The van der Waals surface area contributed by atoms with E-state index in [-0.39, 0.29) is 5.97 Å². The summed E-state index contributed by atoms with van der Waals surface area (Å²) < 4.78 is 0. The largest absolute Gasteiger partial charge is 0.368 e. The Kier molecular flexibility index (Phi) is 4.58. The molecule has 0 saturated heterocycles. The smallest absolute Gasteiger partial charge is 0.322 e. The number of rotatable bonds is 5. The van der Waals surface area contributed by atoms with Gasteiger partial charge in [0.2, 0.25) is 0 Å². The first-order valence-corrected chi connectivity index (χ1v) is 5.97. The van der Waals surface area contributed by atoms with Crippen molar-refractivity contribution in [2.24, 2.45) is 0 Å². The van der Waals surface area contributed by atoms with Crippen molar-refractivity contribution in [2.45, 2.75) is 20.0 Å². The molecule has 0 aliphatic carbocycles. The molecule has 0 saturated carbocycles. The fourth-order valence-corrected chi connectivity index (χ4v) is 1.65. The number of hydrogen-bond donors (Lipinski definition) is 0. The summed E-state index contributed by atoms with van der Waals surface area (Å²) in [6, 6.07) is 11.3. The molecule has 0 aliphatic heterocycles. The van der Waals surface area contributed by atoms with E-state index in [9.17, 15) is 4.79 Å². The highest BCUT2D eigenvalue weighted by Crippen LogP contribution is 2.07. The second kappa shape index (κ2) is 6.61. The van der Waals surface area contributed by atoms with E-state index in [2.05, 4.69) is 9.97 Å². The van der Waals surface area contributed by atoms with Crippen molar-refractivity contribution in [3.63, 3.8) is 0 Å². The van der Waals surface area contributed by atoms with Gasteiger partial charge in [0.15, 0.2) is 0 Å². The lowest BCUT2D eigenvalue weighted by Crippen LogP contribution is -2.26. The van der Waals surface area contributed by atoms with Crippen molar-refractivity contribution in [1.82, 2.24) is 15.0 Å². The van der Waals surface area contributed by atoms with Crippen LogP contribution in [0.25, 0.3) is 0 Å². The molecule has 0 amide bonds. The summed E-state index contributed by atoms with van der Waals surface area (Å²) in [6.07, 6.45) is 3.42. The van der Waals surface area contributed by atoms with Gasteiger partial charge in [-0.1, -0.05) is 12.1 Å². The number of carbonyl (C=O) groups excluding carboxylic acids is 1. The molecular formula is C14H15N3O2. The molecule has 0 aromatic carbocycles. The van der Waals surface area contributed by atoms with E-state index < -0.39 is 0 Å². The van der Waals surface area contributed by atoms with Crippen molar-refractivity contribution in [3.8, 4) is 0 Å². The molecule has 98 valence electrons. The fraction of sp³-hybridized carbons (Fsp3) is 0.214. The number of hydrogen-bond acceptors (Lipinski definition) is 5. The molecule has 0 unspecified atom stereocenters. The summed E-state index contributed by atoms with van der Waals surface area (Å²) in [5.41, 5.74) is 1.67. The first kappa shape index (κ1) is 13.2. The molecule has 0 radical (unpaired) electrons. The van der Waals surface area contributed by atoms with Gasteiger partial charge in [0.05, 0.1) is 24.5 Å².